The number of ketones is 1. The summed E-state index contributed by atoms with van der Waals surface area (Å²) in [4.78, 5) is 27.7. The van der Waals surface area contributed by atoms with E-state index in [-0.39, 0.29) is 17.2 Å². The molecule has 38 heavy (non-hydrogen) atoms. The number of aryl methyl sites for hydroxylation is 1. The van der Waals surface area contributed by atoms with Crippen molar-refractivity contribution in [3.8, 4) is 11.5 Å². The van der Waals surface area contributed by atoms with Gasteiger partial charge in [0.1, 0.15) is 29.6 Å². The molecule has 192 valence electrons. The predicted octanol–water partition coefficient (Wildman–Crippen LogP) is 5.59. The number of Topliss-reactive ketones (excluding diaryl/α,β-unsaturated/α-hetero) is 1. The Morgan fingerprint density at radius 3 is 2.24 bits per heavy atom. The molecular formula is C30H26N2O6. The Hall–Kier alpha value is -4.85. The van der Waals surface area contributed by atoms with Crippen molar-refractivity contribution in [1.82, 2.24) is 5.16 Å². The van der Waals surface area contributed by atoms with Crippen molar-refractivity contribution in [3.05, 3.63) is 113 Å². The van der Waals surface area contributed by atoms with Crippen molar-refractivity contribution in [1.29, 1.82) is 0 Å². The molecule has 0 saturated carbocycles. The molecule has 0 unspecified atom stereocenters. The summed E-state index contributed by atoms with van der Waals surface area (Å²) >= 11 is 0. The number of benzene rings is 3. The number of aliphatic hydroxyl groups is 1. The van der Waals surface area contributed by atoms with Crippen LogP contribution in [0.25, 0.3) is 5.76 Å². The van der Waals surface area contributed by atoms with Crippen LogP contribution in [0.2, 0.25) is 0 Å². The molecule has 1 aliphatic rings. The van der Waals surface area contributed by atoms with Gasteiger partial charge in [0.15, 0.2) is 5.82 Å². The number of ether oxygens (including phenoxy) is 2. The molecule has 1 N–H and O–H groups in total. The van der Waals surface area contributed by atoms with Crippen LogP contribution in [0.5, 0.6) is 11.5 Å². The zero-order valence-corrected chi connectivity index (χ0v) is 21.0. The second kappa shape index (κ2) is 10.6. The smallest absolute Gasteiger partial charge is 0.301 e. The molecule has 8 nitrogen and oxygen atoms in total. The molecule has 1 atom stereocenters. The minimum atomic E-state index is -0.922. The van der Waals surface area contributed by atoms with Crippen LogP contribution in [-0.4, -0.2) is 28.6 Å². The van der Waals surface area contributed by atoms with Crippen LogP contribution < -0.4 is 14.4 Å². The van der Waals surface area contributed by atoms with Gasteiger partial charge in [0.2, 0.25) is 0 Å². The minimum absolute atomic E-state index is 0.0437. The second-order valence-electron chi connectivity index (χ2n) is 8.77. The molecular weight excluding hydrogens is 484 g/mol. The quantitative estimate of drug-likeness (QED) is 0.187. The first kappa shape index (κ1) is 24.8. The summed E-state index contributed by atoms with van der Waals surface area (Å²) in [6, 6.07) is 24.2. The number of aliphatic hydroxyl groups excluding tert-OH is 1. The lowest BCUT2D eigenvalue weighted by Gasteiger charge is -2.23. The van der Waals surface area contributed by atoms with E-state index in [4.69, 9.17) is 14.0 Å². The normalized spacial score (nSPS) is 16.6. The van der Waals surface area contributed by atoms with Gasteiger partial charge in [0.05, 0.1) is 18.2 Å². The van der Waals surface area contributed by atoms with E-state index in [1.807, 2.05) is 37.3 Å². The fraction of sp³-hybridized carbons (Fsp3) is 0.167. The van der Waals surface area contributed by atoms with E-state index in [0.29, 0.717) is 41.6 Å². The number of hydrogen-bond acceptors (Lipinski definition) is 7. The number of anilines is 1. The number of amides is 1. The number of hydrogen-bond donors (Lipinski definition) is 1. The monoisotopic (exact) mass is 510 g/mol. The molecule has 3 aromatic carbocycles. The highest BCUT2D eigenvalue weighted by atomic mass is 16.5. The molecule has 1 saturated heterocycles. The van der Waals surface area contributed by atoms with Gasteiger partial charge in [0.25, 0.3) is 5.78 Å². The van der Waals surface area contributed by atoms with E-state index in [0.717, 1.165) is 5.56 Å². The van der Waals surface area contributed by atoms with Crippen molar-refractivity contribution < 1.29 is 28.7 Å². The van der Waals surface area contributed by atoms with Crippen LogP contribution in [0.3, 0.4) is 0 Å². The number of carbonyl (C=O) groups is 2. The summed E-state index contributed by atoms with van der Waals surface area (Å²) < 4.78 is 16.6. The molecule has 0 aliphatic carbocycles. The van der Waals surface area contributed by atoms with E-state index in [9.17, 15) is 14.7 Å². The lowest BCUT2D eigenvalue weighted by atomic mass is 9.95. The Labute approximate surface area is 219 Å². The lowest BCUT2D eigenvalue weighted by Crippen LogP contribution is -2.29. The summed E-state index contributed by atoms with van der Waals surface area (Å²) in [5, 5.41) is 15.2. The lowest BCUT2D eigenvalue weighted by molar-refractivity contribution is -0.132. The third-order valence-electron chi connectivity index (χ3n) is 6.19. The van der Waals surface area contributed by atoms with Gasteiger partial charge in [0, 0.05) is 11.6 Å². The SMILES string of the molecule is CCOc1ccc(C(O)=C2C(=O)C(=O)N(c3cc(C)on3)[C@H]2c2ccc(OCc3ccccc3)cc2)cc1. The highest BCUT2D eigenvalue weighted by Gasteiger charge is 2.48. The molecule has 1 fully saturated rings. The molecule has 8 heteroatoms. The first-order valence-electron chi connectivity index (χ1n) is 12.2. The minimum Gasteiger partial charge on any atom is -0.507 e. The summed E-state index contributed by atoms with van der Waals surface area (Å²) in [5.74, 6) is 0.0142. The Kier molecular flexibility index (Phi) is 6.95. The first-order valence-corrected chi connectivity index (χ1v) is 12.2. The van der Waals surface area contributed by atoms with Crippen LogP contribution in [0.4, 0.5) is 5.82 Å². The summed E-state index contributed by atoms with van der Waals surface area (Å²) in [7, 11) is 0. The number of aromatic nitrogens is 1. The maximum atomic E-state index is 13.3. The molecule has 1 amide bonds. The highest BCUT2D eigenvalue weighted by molar-refractivity contribution is 6.51. The van der Waals surface area contributed by atoms with Crippen LogP contribution >= 0.6 is 0 Å². The molecule has 1 aliphatic heterocycles. The highest BCUT2D eigenvalue weighted by Crippen LogP contribution is 2.42. The zero-order chi connectivity index (χ0) is 26.6. The largest absolute Gasteiger partial charge is 0.507 e. The van der Waals surface area contributed by atoms with Crippen molar-refractivity contribution >= 4 is 23.3 Å². The van der Waals surface area contributed by atoms with Gasteiger partial charge < -0.3 is 19.1 Å². The third-order valence-corrected chi connectivity index (χ3v) is 6.19. The van der Waals surface area contributed by atoms with Crippen molar-refractivity contribution in [2.75, 3.05) is 11.5 Å². The van der Waals surface area contributed by atoms with E-state index in [2.05, 4.69) is 5.16 Å². The summed E-state index contributed by atoms with van der Waals surface area (Å²) in [5.41, 5.74) is 1.97. The molecule has 0 bridgehead atoms. The summed E-state index contributed by atoms with van der Waals surface area (Å²) in [6.07, 6.45) is 0. The van der Waals surface area contributed by atoms with Gasteiger partial charge in [-0.15, -0.1) is 0 Å². The molecule has 0 spiro atoms. The van der Waals surface area contributed by atoms with Crippen LogP contribution in [-0.2, 0) is 16.2 Å². The van der Waals surface area contributed by atoms with Crippen molar-refractivity contribution in [2.45, 2.75) is 26.5 Å². The second-order valence-corrected chi connectivity index (χ2v) is 8.77. The fourth-order valence-corrected chi connectivity index (χ4v) is 4.37. The van der Waals surface area contributed by atoms with Gasteiger partial charge in [-0.3, -0.25) is 14.5 Å². The average molecular weight is 511 g/mol. The topological polar surface area (TPSA) is 102 Å². The first-order chi connectivity index (χ1) is 18.5. The Morgan fingerprint density at radius 1 is 0.947 bits per heavy atom. The van der Waals surface area contributed by atoms with Gasteiger partial charge in [-0.05, 0) is 61.4 Å². The van der Waals surface area contributed by atoms with Crippen LogP contribution in [0.15, 0.2) is 95.0 Å². The Balaban J connectivity index is 1.52. The standard InChI is InChI=1S/C30H26N2O6/c1-3-36-23-15-11-22(12-16-23)28(33)26-27(32(30(35)29(26)34)25-17-19(2)38-31-25)21-9-13-24(14-10-21)37-18-20-7-5-4-6-8-20/h4-17,27,33H,3,18H2,1-2H3/t27-/m0/s1. The molecule has 4 aromatic rings. The number of carbonyl (C=O) groups excluding carboxylic acids is 2. The van der Waals surface area contributed by atoms with Crippen LogP contribution in [0, 0.1) is 6.92 Å². The predicted molar refractivity (Wildman–Crippen MR) is 141 cm³/mol. The molecule has 1 aromatic heterocycles. The maximum Gasteiger partial charge on any atom is 0.301 e. The van der Waals surface area contributed by atoms with Crippen molar-refractivity contribution in [2.24, 2.45) is 0 Å². The Bertz CT molecular complexity index is 1470. The van der Waals surface area contributed by atoms with Crippen molar-refractivity contribution in [3.63, 3.8) is 0 Å². The number of rotatable bonds is 8. The third kappa shape index (κ3) is 4.88. The van der Waals surface area contributed by atoms with E-state index >= 15 is 0 Å². The van der Waals surface area contributed by atoms with Gasteiger partial charge in [-0.2, -0.15) is 0 Å². The average Bonchev–Trinajstić information content (AvgIpc) is 3.48. The van der Waals surface area contributed by atoms with E-state index in [1.165, 1.54) is 4.90 Å². The molecule has 0 radical (unpaired) electrons. The molecule has 2 heterocycles. The fourth-order valence-electron chi connectivity index (χ4n) is 4.37. The number of nitrogens with zero attached hydrogens (tertiary/aromatic N) is 2. The zero-order valence-electron chi connectivity index (χ0n) is 21.0. The molecule has 5 rings (SSSR count). The van der Waals surface area contributed by atoms with Gasteiger partial charge in [-0.25, -0.2) is 0 Å². The van der Waals surface area contributed by atoms with E-state index < -0.39 is 17.7 Å². The van der Waals surface area contributed by atoms with E-state index in [1.54, 1.807) is 61.5 Å². The maximum absolute atomic E-state index is 13.3. The summed E-state index contributed by atoms with van der Waals surface area (Å²) in [6.45, 7) is 4.47. The van der Waals surface area contributed by atoms with Gasteiger partial charge >= 0.3 is 5.91 Å². The van der Waals surface area contributed by atoms with Crippen LogP contribution in [0.1, 0.15) is 35.4 Å². The Morgan fingerprint density at radius 2 is 1.61 bits per heavy atom. The van der Waals surface area contributed by atoms with Gasteiger partial charge in [-0.1, -0.05) is 47.6 Å².